The van der Waals surface area contributed by atoms with E-state index in [2.05, 4.69) is 58.0 Å². The molecular weight excluding hydrogens is 168 g/mol. The largest absolute Gasteiger partial charge is 0.0649 e. The van der Waals surface area contributed by atoms with Crippen molar-refractivity contribution in [3.63, 3.8) is 0 Å². The van der Waals surface area contributed by atoms with Gasteiger partial charge in [-0.25, -0.2) is 0 Å². The monoisotopic (exact) mass is 189 g/mol. The number of hydrogen-bond donors (Lipinski definition) is 0. The highest BCUT2D eigenvalue weighted by Gasteiger charge is 2.27. The summed E-state index contributed by atoms with van der Waals surface area (Å²) < 4.78 is 0. The van der Waals surface area contributed by atoms with Gasteiger partial charge in [-0.2, -0.15) is 0 Å². The van der Waals surface area contributed by atoms with Gasteiger partial charge < -0.3 is 0 Å². The van der Waals surface area contributed by atoms with E-state index < -0.39 is 0 Å². The average Bonchev–Trinajstić information content (AvgIpc) is 2.20. The molecule has 1 aromatic rings. The molecule has 0 aliphatic rings. The summed E-state index contributed by atoms with van der Waals surface area (Å²) in [6.07, 6.45) is 2.17. The molecule has 0 saturated heterocycles. The van der Waals surface area contributed by atoms with Crippen molar-refractivity contribution in [3.05, 3.63) is 42.8 Å². The second-order valence-electron chi connectivity index (χ2n) is 4.59. The molecule has 0 bridgehead atoms. The normalized spacial score (nSPS) is 14.0. The fourth-order valence-corrected chi connectivity index (χ4v) is 1.94. The number of hydrogen-bond acceptors (Lipinski definition) is 0. The minimum atomic E-state index is 0.350. The van der Waals surface area contributed by atoms with Crippen molar-refractivity contribution >= 4 is 0 Å². The zero-order chi connectivity index (χ0) is 10.6. The van der Waals surface area contributed by atoms with E-state index in [1.165, 1.54) is 12.0 Å². The Hall–Kier alpha value is -0.780. The van der Waals surface area contributed by atoms with Crippen molar-refractivity contribution in [3.8, 4) is 0 Å². The zero-order valence-corrected chi connectivity index (χ0v) is 9.59. The quantitative estimate of drug-likeness (QED) is 0.657. The second kappa shape index (κ2) is 4.63. The third-order valence-corrected chi connectivity index (χ3v) is 3.35. The Labute approximate surface area is 88.4 Å². The van der Waals surface area contributed by atoms with E-state index in [4.69, 9.17) is 0 Å². The first-order valence-electron chi connectivity index (χ1n) is 5.46. The van der Waals surface area contributed by atoms with Gasteiger partial charge in [0.25, 0.3) is 0 Å². The van der Waals surface area contributed by atoms with Gasteiger partial charge in [0.15, 0.2) is 0 Å². The molecule has 14 heavy (non-hydrogen) atoms. The van der Waals surface area contributed by atoms with Crippen LogP contribution >= 0.6 is 0 Å². The topological polar surface area (TPSA) is 0 Å². The predicted octanol–water partition coefficient (Wildman–Crippen LogP) is 4.43. The molecule has 0 N–H and O–H groups in total. The smallest absolute Gasteiger partial charge is 0.0111 e. The van der Waals surface area contributed by atoms with Gasteiger partial charge in [-0.15, -0.1) is 0 Å². The lowest BCUT2D eigenvalue weighted by Crippen LogP contribution is -2.20. The van der Waals surface area contributed by atoms with Crippen molar-refractivity contribution in [2.24, 2.45) is 5.41 Å². The van der Waals surface area contributed by atoms with Crippen LogP contribution in [0.1, 0.15) is 45.1 Å². The Bertz CT molecular complexity index is 259. The van der Waals surface area contributed by atoms with E-state index >= 15 is 0 Å². The molecule has 1 radical (unpaired) electrons. The number of benzene rings is 1. The van der Waals surface area contributed by atoms with Gasteiger partial charge in [0.05, 0.1) is 0 Å². The first-order chi connectivity index (χ1) is 6.61. The molecule has 1 rings (SSSR count). The molecule has 0 heterocycles. The van der Waals surface area contributed by atoms with Crippen LogP contribution < -0.4 is 0 Å². The summed E-state index contributed by atoms with van der Waals surface area (Å²) in [4.78, 5) is 0. The van der Waals surface area contributed by atoms with Crippen LogP contribution in [0.25, 0.3) is 0 Å². The molecule has 0 saturated carbocycles. The first kappa shape index (κ1) is 11.3. The molecule has 1 aromatic carbocycles. The van der Waals surface area contributed by atoms with Crippen LogP contribution in [0.2, 0.25) is 0 Å². The van der Waals surface area contributed by atoms with Crippen LogP contribution in [-0.2, 0) is 0 Å². The molecule has 0 heteroatoms. The summed E-state index contributed by atoms with van der Waals surface area (Å²) in [5.74, 6) is 0.577. The fraction of sp³-hybridized carbons (Fsp3) is 0.500. The molecule has 0 aliphatic heterocycles. The molecule has 0 amide bonds. The van der Waals surface area contributed by atoms with Crippen LogP contribution in [0.15, 0.2) is 30.3 Å². The van der Waals surface area contributed by atoms with E-state index in [0.717, 1.165) is 6.42 Å². The van der Waals surface area contributed by atoms with Crippen molar-refractivity contribution in [1.82, 2.24) is 0 Å². The third-order valence-electron chi connectivity index (χ3n) is 3.35. The Balaban J connectivity index is 2.93. The Morgan fingerprint density at radius 3 is 2.21 bits per heavy atom. The second-order valence-corrected chi connectivity index (χ2v) is 4.59. The van der Waals surface area contributed by atoms with Gasteiger partial charge in [-0.3, -0.25) is 0 Å². The lowest BCUT2D eigenvalue weighted by atomic mass is 9.72. The van der Waals surface area contributed by atoms with Crippen LogP contribution in [0.4, 0.5) is 0 Å². The van der Waals surface area contributed by atoms with Crippen molar-refractivity contribution in [1.29, 1.82) is 0 Å². The van der Waals surface area contributed by atoms with Gasteiger partial charge >= 0.3 is 0 Å². The summed E-state index contributed by atoms with van der Waals surface area (Å²) in [7, 11) is 0. The van der Waals surface area contributed by atoms with Gasteiger partial charge in [-0.1, -0.05) is 64.4 Å². The van der Waals surface area contributed by atoms with Gasteiger partial charge in [0.2, 0.25) is 0 Å². The van der Waals surface area contributed by atoms with Crippen LogP contribution in [0.3, 0.4) is 0 Å². The maximum Gasteiger partial charge on any atom is -0.0111 e. The van der Waals surface area contributed by atoms with E-state index in [9.17, 15) is 0 Å². The van der Waals surface area contributed by atoms with Gasteiger partial charge in [-0.05, 0) is 23.3 Å². The Morgan fingerprint density at radius 1 is 1.21 bits per heavy atom. The standard InChI is InChI=1S/C14H21/c1-5-13(14(3,4)6-2)12-10-8-7-9-11-12/h7-11,13H,1,5-6H2,2-4H3. The highest BCUT2D eigenvalue weighted by Crippen LogP contribution is 2.40. The van der Waals surface area contributed by atoms with E-state index in [1.807, 2.05) is 0 Å². The SMILES string of the molecule is [CH2]CC(c1ccccc1)C(C)(C)CC. The van der Waals surface area contributed by atoms with E-state index in [-0.39, 0.29) is 0 Å². The summed E-state index contributed by atoms with van der Waals surface area (Å²) in [6, 6.07) is 10.7. The maximum absolute atomic E-state index is 4.08. The number of rotatable bonds is 4. The average molecular weight is 189 g/mol. The minimum Gasteiger partial charge on any atom is -0.0649 e. The fourth-order valence-electron chi connectivity index (χ4n) is 1.94. The van der Waals surface area contributed by atoms with Gasteiger partial charge in [0.1, 0.15) is 0 Å². The van der Waals surface area contributed by atoms with Crippen LogP contribution in [0.5, 0.6) is 0 Å². The third kappa shape index (κ3) is 2.37. The first-order valence-corrected chi connectivity index (χ1v) is 5.46. The predicted molar refractivity (Wildman–Crippen MR) is 63.2 cm³/mol. The van der Waals surface area contributed by atoms with Crippen molar-refractivity contribution in [2.75, 3.05) is 0 Å². The van der Waals surface area contributed by atoms with Crippen LogP contribution in [0, 0.1) is 12.3 Å². The lowest BCUT2D eigenvalue weighted by Gasteiger charge is -2.33. The van der Waals surface area contributed by atoms with E-state index in [0.29, 0.717) is 11.3 Å². The molecule has 1 unspecified atom stereocenters. The summed E-state index contributed by atoms with van der Waals surface area (Å²) in [6.45, 7) is 11.0. The molecule has 0 aliphatic carbocycles. The Kier molecular flexibility index (Phi) is 3.74. The summed E-state index contributed by atoms with van der Waals surface area (Å²) >= 11 is 0. The highest BCUT2D eigenvalue weighted by atomic mass is 14.3. The molecule has 0 aromatic heterocycles. The molecule has 0 spiro atoms. The maximum atomic E-state index is 4.08. The van der Waals surface area contributed by atoms with E-state index in [1.54, 1.807) is 0 Å². The molecule has 0 nitrogen and oxygen atoms in total. The minimum absolute atomic E-state index is 0.350. The summed E-state index contributed by atoms with van der Waals surface area (Å²) in [5, 5.41) is 0. The van der Waals surface area contributed by atoms with Crippen molar-refractivity contribution in [2.45, 2.75) is 39.5 Å². The molecular formula is C14H21. The lowest BCUT2D eigenvalue weighted by molar-refractivity contribution is 0.273. The highest BCUT2D eigenvalue weighted by molar-refractivity contribution is 5.21. The Morgan fingerprint density at radius 2 is 1.79 bits per heavy atom. The summed E-state index contributed by atoms with van der Waals surface area (Å²) in [5.41, 5.74) is 1.78. The molecule has 0 fully saturated rings. The van der Waals surface area contributed by atoms with Crippen molar-refractivity contribution < 1.29 is 0 Å². The zero-order valence-electron chi connectivity index (χ0n) is 9.59. The molecule has 77 valence electrons. The molecule has 1 atom stereocenters. The van der Waals surface area contributed by atoms with Gasteiger partial charge in [0, 0.05) is 0 Å². The van der Waals surface area contributed by atoms with Crippen LogP contribution in [-0.4, -0.2) is 0 Å².